The van der Waals surface area contributed by atoms with Crippen LogP contribution in [0.1, 0.15) is 44.1 Å². The highest BCUT2D eigenvalue weighted by Gasteiger charge is 2.51. The highest BCUT2D eigenvalue weighted by atomic mass is 16.5. The molecule has 1 aliphatic heterocycles. The Morgan fingerprint density at radius 3 is 2.19 bits per heavy atom. The summed E-state index contributed by atoms with van der Waals surface area (Å²) in [5, 5.41) is 10.3. The van der Waals surface area contributed by atoms with Crippen molar-refractivity contribution in [3.05, 3.63) is 29.8 Å². The molecule has 4 heteroatoms. The number of aliphatic hydroxyl groups is 1. The molecule has 0 aromatic heterocycles. The zero-order chi connectivity index (χ0) is 18.3. The number of morpholine rings is 1. The van der Waals surface area contributed by atoms with Crippen molar-refractivity contribution in [2.45, 2.75) is 50.0 Å². The molecular formula is C23H33NO3. The van der Waals surface area contributed by atoms with Gasteiger partial charge in [0.1, 0.15) is 18.5 Å². The van der Waals surface area contributed by atoms with Crippen molar-refractivity contribution in [2.24, 2.45) is 17.8 Å². The number of aliphatic hydroxyl groups excluding tert-OH is 1. The fraction of sp³-hybridized carbons (Fsp3) is 0.739. The number of rotatable bonds is 6. The highest BCUT2D eigenvalue weighted by Crippen LogP contribution is 2.60. The molecule has 4 saturated carbocycles. The first-order valence-electron chi connectivity index (χ1n) is 10.9. The predicted molar refractivity (Wildman–Crippen MR) is 105 cm³/mol. The lowest BCUT2D eigenvalue weighted by Crippen LogP contribution is -2.48. The Hall–Kier alpha value is -1.10. The second-order valence-corrected chi connectivity index (χ2v) is 9.60. The molecule has 4 nitrogen and oxygen atoms in total. The van der Waals surface area contributed by atoms with Gasteiger partial charge >= 0.3 is 0 Å². The molecule has 148 valence electrons. The third-order valence-electron chi connectivity index (χ3n) is 7.52. The van der Waals surface area contributed by atoms with Crippen molar-refractivity contribution in [2.75, 3.05) is 39.5 Å². The van der Waals surface area contributed by atoms with Gasteiger partial charge in [0.05, 0.1) is 13.2 Å². The quantitative estimate of drug-likeness (QED) is 0.834. The molecule has 1 N–H and O–H groups in total. The van der Waals surface area contributed by atoms with E-state index in [0.29, 0.717) is 18.6 Å². The Morgan fingerprint density at radius 2 is 1.59 bits per heavy atom. The number of hydrogen-bond acceptors (Lipinski definition) is 4. The summed E-state index contributed by atoms with van der Waals surface area (Å²) in [4.78, 5) is 2.24. The van der Waals surface area contributed by atoms with Gasteiger partial charge in [-0.1, -0.05) is 12.1 Å². The first kappa shape index (κ1) is 18.0. The summed E-state index contributed by atoms with van der Waals surface area (Å²) in [6.07, 6.45) is 8.21. The van der Waals surface area contributed by atoms with Crippen molar-refractivity contribution in [1.29, 1.82) is 0 Å². The summed E-state index contributed by atoms with van der Waals surface area (Å²) in [5.74, 6) is 3.80. The van der Waals surface area contributed by atoms with E-state index >= 15 is 0 Å². The number of β-amino-alcohol motifs (C(OH)–C–C–N with tert-alkyl or cyclic N) is 1. The van der Waals surface area contributed by atoms with E-state index in [9.17, 15) is 5.11 Å². The van der Waals surface area contributed by atoms with E-state index in [-0.39, 0.29) is 0 Å². The first-order chi connectivity index (χ1) is 13.2. The zero-order valence-corrected chi connectivity index (χ0v) is 16.3. The minimum atomic E-state index is -0.453. The van der Waals surface area contributed by atoms with Gasteiger partial charge in [-0.15, -0.1) is 0 Å². The van der Waals surface area contributed by atoms with E-state index in [1.807, 2.05) is 0 Å². The average molecular weight is 372 g/mol. The van der Waals surface area contributed by atoms with Gasteiger partial charge in [0.2, 0.25) is 0 Å². The Bertz CT molecular complexity index is 602. The molecule has 0 amide bonds. The van der Waals surface area contributed by atoms with Gasteiger partial charge in [0.15, 0.2) is 0 Å². The van der Waals surface area contributed by atoms with Crippen LogP contribution in [0, 0.1) is 17.8 Å². The van der Waals surface area contributed by atoms with Crippen LogP contribution in [0.25, 0.3) is 0 Å². The fourth-order valence-electron chi connectivity index (χ4n) is 6.70. The summed E-state index contributed by atoms with van der Waals surface area (Å²) in [7, 11) is 0. The van der Waals surface area contributed by atoms with Gasteiger partial charge in [0.25, 0.3) is 0 Å². The lowest BCUT2D eigenvalue weighted by Gasteiger charge is -2.57. The monoisotopic (exact) mass is 371 g/mol. The summed E-state index contributed by atoms with van der Waals surface area (Å²) in [6, 6.07) is 8.85. The Labute approximate surface area is 162 Å². The molecule has 0 radical (unpaired) electrons. The van der Waals surface area contributed by atoms with Gasteiger partial charge in [0, 0.05) is 19.6 Å². The topological polar surface area (TPSA) is 41.9 Å². The van der Waals surface area contributed by atoms with E-state index < -0.39 is 6.10 Å². The maximum Gasteiger partial charge on any atom is 0.119 e. The second-order valence-electron chi connectivity index (χ2n) is 9.60. The molecule has 6 rings (SSSR count). The molecule has 1 heterocycles. The van der Waals surface area contributed by atoms with Crippen LogP contribution in [-0.4, -0.2) is 55.6 Å². The molecule has 4 bridgehead atoms. The van der Waals surface area contributed by atoms with Crippen LogP contribution >= 0.6 is 0 Å². The van der Waals surface area contributed by atoms with Crippen LogP contribution in [0.3, 0.4) is 0 Å². The minimum Gasteiger partial charge on any atom is -0.491 e. The van der Waals surface area contributed by atoms with E-state index in [1.54, 1.807) is 0 Å². The van der Waals surface area contributed by atoms with Crippen LogP contribution in [0.5, 0.6) is 5.75 Å². The van der Waals surface area contributed by atoms with Crippen LogP contribution in [0.4, 0.5) is 0 Å². The molecule has 1 aromatic rings. The van der Waals surface area contributed by atoms with Gasteiger partial charge in [-0.2, -0.15) is 0 Å². The van der Waals surface area contributed by atoms with Crippen LogP contribution < -0.4 is 4.74 Å². The van der Waals surface area contributed by atoms with Gasteiger partial charge in [-0.25, -0.2) is 0 Å². The fourth-order valence-corrected chi connectivity index (χ4v) is 6.70. The van der Waals surface area contributed by atoms with Gasteiger partial charge in [-0.05, 0) is 79.4 Å². The number of hydrogen-bond donors (Lipinski definition) is 1. The lowest BCUT2D eigenvalue weighted by atomic mass is 9.48. The predicted octanol–water partition coefficient (Wildman–Crippen LogP) is 3.23. The summed E-state index contributed by atoms with van der Waals surface area (Å²) in [5.41, 5.74) is 1.98. The first-order valence-corrected chi connectivity index (χ1v) is 10.9. The van der Waals surface area contributed by atoms with E-state index in [2.05, 4.69) is 29.2 Å². The molecule has 0 spiro atoms. The average Bonchev–Trinajstić information content (AvgIpc) is 2.66. The number of nitrogens with zero attached hydrogens (tertiary/aromatic N) is 1. The molecule has 5 aliphatic rings. The van der Waals surface area contributed by atoms with Crippen molar-refractivity contribution < 1.29 is 14.6 Å². The normalized spacial score (nSPS) is 36.7. The Kier molecular flexibility index (Phi) is 4.91. The molecule has 1 unspecified atom stereocenters. The zero-order valence-electron chi connectivity index (χ0n) is 16.3. The van der Waals surface area contributed by atoms with Crippen molar-refractivity contribution in [3.8, 4) is 5.75 Å². The van der Waals surface area contributed by atoms with Gasteiger partial charge in [-0.3, -0.25) is 4.90 Å². The largest absolute Gasteiger partial charge is 0.491 e. The number of benzene rings is 1. The third kappa shape index (κ3) is 3.76. The van der Waals surface area contributed by atoms with Crippen LogP contribution in [0.2, 0.25) is 0 Å². The van der Waals surface area contributed by atoms with E-state index in [4.69, 9.17) is 9.47 Å². The molecule has 5 fully saturated rings. The lowest BCUT2D eigenvalue weighted by molar-refractivity contribution is -0.00527. The van der Waals surface area contributed by atoms with Crippen LogP contribution in [-0.2, 0) is 10.2 Å². The van der Waals surface area contributed by atoms with Crippen molar-refractivity contribution >= 4 is 0 Å². The molecule has 4 aliphatic carbocycles. The summed E-state index contributed by atoms with van der Waals surface area (Å²) in [6.45, 7) is 4.34. The maximum absolute atomic E-state index is 10.3. The smallest absolute Gasteiger partial charge is 0.119 e. The van der Waals surface area contributed by atoms with Crippen LogP contribution in [0.15, 0.2) is 24.3 Å². The second kappa shape index (κ2) is 7.38. The summed E-state index contributed by atoms with van der Waals surface area (Å²) < 4.78 is 11.2. The SMILES string of the molecule is OC(COc1ccc(C23CC4CC(CC(C4)C2)C3)cc1)CN1CCOCC1. The molecular weight excluding hydrogens is 338 g/mol. The Morgan fingerprint density at radius 1 is 1.00 bits per heavy atom. The standard InChI is InChI=1S/C23H33NO3/c25-21(15-24-5-7-26-8-6-24)16-27-22-3-1-20(2-4-22)23-12-17-9-18(13-23)11-19(10-17)14-23/h1-4,17-19,21,25H,5-16H2. The highest BCUT2D eigenvalue weighted by molar-refractivity contribution is 5.34. The molecule has 1 atom stereocenters. The molecule has 27 heavy (non-hydrogen) atoms. The Balaban J connectivity index is 1.17. The summed E-state index contributed by atoms with van der Waals surface area (Å²) >= 11 is 0. The third-order valence-corrected chi connectivity index (χ3v) is 7.52. The molecule has 1 aromatic carbocycles. The van der Waals surface area contributed by atoms with Crippen molar-refractivity contribution in [3.63, 3.8) is 0 Å². The molecule has 1 saturated heterocycles. The van der Waals surface area contributed by atoms with E-state index in [1.165, 1.54) is 44.1 Å². The van der Waals surface area contributed by atoms with E-state index in [0.717, 1.165) is 49.8 Å². The minimum absolute atomic E-state index is 0.355. The van der Waals surface area contributed by atoms with Crippen molar-refractivity contribution in [1.82, 2.24) is 4.90 Å². The maximum atomic E-state index is 10.3. The van der Waals surface area contributed by atoms with Gasteiger partial charge < -0.3 is 14.6 Å². The number of ether oxygens (including phenoxy) is 2.